The molecule has 116 valence electrons. The van der Waals surface area contributed by atoms with Crippen LogP contribution in [0.5, 0.6) is 5.75 Å². The fourth-order valence-corrected chi connectivity index (χ4v) is 3.32. The third kappa shape index (κ3) is 3.16. The van der Waals surface area contributed by atoms with Gasteiger partial charge in [-0.2, -0.15) is 0 Å². The summed E-state index contributed by atoms with van der Waals surface area (Å²) in [4.78, 5) is 2.38. The number of nitrogens with zero attached hydrogens (tertiary/aromatic N) is 1. The van der Waals surface area contributed by atoms with Crippen molar-refractivity contribution in [3.63, 3.8) is 0 Å². The molecule has 0 bridgehead atoms. The molecule has 1 fully saturated rings. The molecule has 4 heteroatoms. The lowest BCUT2D eigenvalue weighted by Gasteiger charge is -2.33. The highest BCUT2D eigenvalue weighted by Gasteiger charge is 2.26. The summed E-state index contributed by atoms with van der Waals surface area (Å²) in [7, 11) is 0. The van der Waals surface area contributed by atoms with E-state index in [0.29, 0.717) is 5.92 Å². The number of fused-ring (bicyclic) bond motifs is 1. The topological polar surface area (TPSA) is 44.7 Å². The standard InChI is InChI=1S/C17H26N2O2/c1-12(2)11-19-8-9-21-16-6-5-13(10-15(16)19)17(20)14-4-3-7-18-14/h5-6,10,12,14,17-18,20H,3-4,7-9,11H2,1-2H3. The fraction of sp³-hybridized carbons (Fsp3) is 0.647. The van der Waals surface area contributed by atoms with E-state index < -0.39 is 6.10 Å². The molecule has 1 aromatic carbocycles. The van der Waals surface area contributed by atoms with E-state index in [0.717, 1.165) is 56.1 Å². The number of hydrogen-bond donors (Lipinski definition) is 2. The number of benzene rings is 1. The molecule has 0 aromatic heterocycles. The number of ether oxygens (including phenoxy) is 1. The van der Waals surface area contributed by atoms with Gasteiger partial charge >= 0.3 is 0 Å². The van der Waals surface area contributed by atoms with E-state index in [-0.39, 0.29) is 6.04 Å². The van der Waals surface area contributed by atoms with E-state index in [2.05, 4.69) is 30.1 Å². The van der Waals surface area contributed by atoms with Crippen LogP contribution in [0.1, 0.15) is 38.4 Å². The quantitative estimate of drug-likeness (QED) is 0.893. The fourth-order valence-electron chi connectivity index (χ4n) is 3.32. The highest BCUT2D eigenvalue weighted by Crippen LogP contribution is 2.35. The molecule has 2 atom stereocenters. The zero-order chi connectivity index (χ0) is 14.8. The summed E-state index contributed by atoms with van der Waals surface area (Å²) in [6, 6.07) is 6.31. The molecular formula is C17H26N2O2. The van der Waals surface area contributed by atoms with Crippen LogP contribution >= 0.6 is 0 Å². The van der Waals surface area contributed by atoms with Crippen molar-refractivity contribution in [3.8, 4) is 5.75 Å². The molecule has 4 nitrogen and oxygen atoms in total. The van der Waals surface area contributed by atoms with Crippen LogP contribution in [0.4, 0.5) is 5.69 Å². The Kier molecular flexibility index (Phi) is 4.36. The lowest BCUT2D eigenvalue weighted by molar-refractivity contribution is 0.137. The lowest BCUT2D eigenvalue weighted by atomic mass is 9.99. The SMILES string of the molecule is CC(C)CN1CCOc2ccc(C(O)C3CCCN3)cc21. The van der Waals surface area contributed by atoms with E-state index in [1.165, 1.54) is 0 Å². The van der Waals surface area contributed by atoms with Crippen LogP contribution in [0.15, 0.2) is 18.2 Å². The molecule has 2 heterocycles. The lowest BCUT2D eigenvalue weighted by Crippen LogP contribution is -2.35. The molecule has 0 amide bonds. The monoisotopic (exact) mass is 290 g/mol. The summed E-state index contributed by atoms with van der Waals surface area (Å²) >= 11 is 0. The maximum absolute atomic E-state index is 10.6. The van der Waals surface area contributed by atoms with Gasteiger partial charge in [0.1, 0.15) is 12.4 Å². The number of aliphatic hydroxyl groups is 1. The average molecular weight is 290 g/mol. The van der Waals surface area contributed by atoms with Crippen LogP contribution in [0.25, 0.3) is 0 Å². The Hall–Kier alpha value is -1.26. The second kappa shape index (κ2) is 6.24. The normalized spacial score (nSPS) is 23.0. The Balaban J connectivity index is 1.84. The molecule has 1 aromatic rings. The first-order valence-corrected chi connectivity index (χ1v) is 8.08. The highest BCUT2D eigenvalue weighted by atomic mass is 16.5. The second-order valence-corrected chi connectivity index (χ2v) is 6.56. The van der Waals surface area contributed by atoms with Crippen molar-refractivity contribution >= 4 is 5.69 Å². The summed E-state index contributed by atoms with van der Waals surface area (Å²) in [5.41, 5.74) is 2.12. The van der Waals surface area contributed by atoms with Crippen LogP contribution < -0.4 is 15.0 Å². The molecule has 0 radical (unpaired) electrons. The predicted molar refractivity (Wildman–Crippen MR) is 85.0 cm³/mol. The van der Waals surface area contributed by atoms with Crippen molar-refractivity contribution in [1.29, 1.82) is 0 Å². The van der Waals surface area contributed by atoms with Crippen molar-refractivity contribution in [3.05, 3.63) is 23.8 Å². The molecule has 21 heavy (non-hydrogen) atoms. The van der Waals surface area contributed by atoms with E-state index in [9.17, 15) is 5.11 Å². The number of aliphatic hydroxyl groups excluding tert-OH is 1. The van der Waals surface area contributed by atoms with Gasteiger partial charge in [0.05, 0.1) is 18.3 Å². The Morgan fingerprint density at radius 2 is 2.29 bits per heavy atom. The molecule has 0 spiro atoms. The highest BCUT2D eigenvalue weighted by molar-refractivity contribution is 5.61. The number of hydrogen-bond acceptors (Lipinski definition) is 4. The second-order valence-electron chi connectivity index (χ2n) is 6.56. The van der Waals surface area contributed by atoms with Crippen LogP contribution in [0.2, 0.25) is 0 Å². The largest absolute Gasteiger partial charge is 0.490 e. The van der Waals surface area contributed by atoms with Gasteiger partial charge < -0.3 is 20.1 Å². The number of rotatable bonds is 4. The summed E-state index contributed by atoms with van der Waals surface area (Å²) in [5, 5.41) is 14.0. The third-order valence-electron chi connectivity index (χ3n) is 4.35. The van der Waals surface area contributed by atoms with Gasteiger partial charge in [0.2, 0.25) is 0 Å². The number of anilines is 1. The van der Waals surface area contributed by atoms with Crippen LogP contribution in [-0.2, 0) is 0 Å². The first-order chi connectivity index (χ1) is 10.1. The van der Waals surface area contributed by atoms with Crippen LogP contribution in [-0.4, -0.2) is 37.4 Å². The van der Waals surface area contributed by atoms with Gasteiger partial charge in [-0.1, -0.05) is 19.9 Å². The van der Waals surface area contributed by atoms with Crippen molar-refractivity contribution in [1.82, 2.24) is 5.32 Å². The van der Waals surface area contributed by atoms with E-state index in [1.54, 1.807) is 0 Å². The maximum atomic E-state index is 10.6. The molecule has 3 rings (SSSR count). The Morgan fingerprint density at radius 1 is 1.43 bits per heavy atom. The van der Waals surface area contributed by atoms with Gasteiger partial charge in [0, 0.05) is 12.6 Å². The zero-order valence-electron chi connectivity index (χ0n) is 13.0. The molecule has 2 aliphatic heterocycles. The van der Waals surface area contributed by atoms with Gasteiger partial charge in [0.25, 0.3) is 0 Å². The molecule has 2 aliphatic rings. The summed E-state index contributed by atoms with van der Waals surface area (Å²) < 4.78 is 5.76. The molecule has 0 saturated carbocycles. The minimum absolute atomic E-state index is 0.186. The minimum Gasteiger partial charge on any atom is -0.490 e. The number of nitrogens with one attached hydrogen (secondary N) is 1. The van der Waals surface area contributed by atoms with E-state index in [4.69, 9.17) is 4.74 Å². The molecule has 0 aliphatic carbocycles. The average Bonchev–Trinajstić information content (AvgIpc) is 3.00. The maximum Gasteiger partial charge on any atom is 0.142 e. The summed E-state index contributed by atoms with van der Waals surface area (Å²) in [6.45, 7) is 8.16. The van der Waals surface area contributed by atoms with Gasteiger partial charge in [0.15, 0.2) is 0 Å². The first kappa shape index (κ1) is 14.7. The Morgan fingerprint density at radius 3 is 3.00 bits per heavy atom. The Bertz CT molecular complexity index is 484. The summed E-state index contributed by atoms with van der Waals surface area (Å²) in [5.74, 6) is 1.55. The van der Waals surface area contributed by atoms with Gasteiger partial charge in [-0.25, -0.2) is 0 Å². The minimum atomic E-state index is -0.430. The predicted octanol–water partition coefficient (Wildman–Crippen LogP) is 2.33. The van der Waals surface area contributed by atoms with E-state index in [1.807, 2.05) is 12.1 Å². The van der Waals surface area contributed by atoms with Crippen LogP contribution in [0.3, 0.4) is 0 Å². The van der Waals surface area contributed by atoms with E-state index >= 15 is 0 Å². The first-order valence-electron chi connectivity index (χ1n) is 8.08. The Labute approximate surface area is 127 Å². The van der Waals surface area contributed by atoms with Gasteiger partial charge in [-0.3, -0.25) is 0 Å². The van der Waals surface area contributed by atoms with Crippen molar-refractivity contribution in [2.75, 3.05) is 31.1 Å². The van der Waals surface area contributed by atoms with Gasteiger partial charge in [-0.05, 0) is 43.0 Å². The zero-order valence-corrected chi connectivity index (χ0v) is 13.0. The van der Waals surface area contributed by atoms with Crippen molar-refractivity contribution < 1.29 is 9.84 Å². The summed E-state index contributed by atoms with van der Waals surface area (Å²) in [6.07, 6.45) is 1.76. The third-order valence-corrected chi connectivity index (χ3v) is 4.35. The molecule has 2 N–H and O–H groups in total. The van der Waals surface area contributed by atoms with Crippen LogP contribution in [0, 0.1) is 5.92 Å². The molecular weight excluding hydrogens is 264 g/mol. The molecule has 1 saturated heterocycles. The smallest absolute Gasteiger partial charge is 0.142 e. The van der Waals surface area contributed by atoms with Crippen molar-refractivity contribution in [2.45, 2.75) is 38.8 Å². The molecule has 2 unspecified atom stereocenters. The van der Waals surface area contributed by atoms with Crippen molar-refractivity contribution in [2.24, 2.45) is 5.92 Å². The van der Waals surface area contributed by atoms with Gasteiger partial charge in [-0.15, -0.1) is 0 Å².